The van der Waals surface area contributed by atoms with E-state index in [0.717, 1.165) is 16.6 Å². The van der Waals surface area contributed by atoms with Gasteiger partial charge in [0.1, 0.15) is 5.75 Å². The highest BCUT2D eigenvalue weighted by atomic mass is 16.3. The molecule has 16 heavy (non-hydrogen) atoms. The van der Waals surface area contributed by atoms with Crippen molar-refractivity contribution in [3.8, 4) is 16.9 Å². The molecule has 2 N–H and O–H groups in total. The summed E-state index contributed by atoms with van der Waals surface area (Å²) in [7, 11) is 0. The summed E-state index contributed by atoms with van der Waals surface area (Å²) in [6.45, 7) is 0. The zero-order valence-corrected chi connectivity index (χ0v) is 8.44. The number of para-hydroxylation sites is 1. The van der Waals surface area contributed by atoms with Crippen LogP contribution in [-0.4, -0.2) is 15.1 Å². The molecule has 0 saturated heterocycles. The molecule has 3 nitrogen and oxygen atoms in total. The van der Waals surface area contributed by atoms with Crippen molar-refractivity contribution >= 4 is 11.0 Å². The molecule has 2 aromatic carbocycles. The zero-order chi connectivity index (χ0) is 11.0. The fraction of sp³-hybridized carbons (Fsp3) is 0. The van der Waals surface area contributed by atoms with Gasteiger partial charge < -0.3 is 10.1 Å². The van der Waals surface area contributed by atoms with Crippen LogP contribution in [0.3, 0.4) is 0 Å². The number of aromatic hydroxyl groups is 1. The van der Waals surface area contributed by atoms with Crippen molar-refractivity contribution in [2.45, 2.75) is 0 Å². The van der Waals surface area contributed by atoms with Gasteiger partial charge >= 0.3 is 0 Å². The number of nitrogens with one attached hydrogen (secondary N) is 1. The molecule has 0 aliphatic carbocycles. The van der Waals surface area contributed by atoms with E-state index in [-0.39, 0.29) is 5.75 Å². The molecule has 0 saturated carbocycles. The number of aromatic amines is 1. The van der Waals surface area contributed by atoms with Gasteiger partial charge in [-0.05, 0) is 18.2 Å². The zero-order valence-electron chi connectivity index (χ0n) is 8.44. The molecule has 1 radical (unpaired) electrons. The van der Waals surface area contributed by atoms with Crippen LogP contribution in [-0.2, 0) is 0 Å². The van der Waals surface area contributed by atoms with Gasteiger partial charge in [0.05, 0.1) is 17.4 Å². The molecule has 0 aliphatic rings. The molecule has 77 valence electrons. The van der Waals surface area contributed by atoms with Gasteiger partial charge in [-0.15, -0.1) is 0 Å². The first-order chi connectivity index (χ1) is 7.86. The Kier molecular flexibility index (Phi) is 1.90. The lowest BCUT2D eigenvalue weighted by atomic mass is 10.0. The minimum atomic E-state index is 0.220. The van der Waals surface area contributed by atoms with E-state index in [9.17, 15) is 5.11 Å². The average molecular weight is 209 g/mol. The number of aromatic nitrogens is 2. The lowest BCUT2D eigenvalue weighted by Crippen LogP contribution is -1.81. The van der Waals surface area contributed by atoms with Crippen LogP contribution in [0.4, 0.5) is 0 Å². The van der Waals surface area contributed by atoms with Crippen LogP contribution in [0.25, 0.3) is 22.2 Å². The molecular weight excluding hydrogens is 200 g/mol. The molecule has 1 heterocycles. The average Bonchev–Trinajstić information content (AvgIpc) is 2.77. The first-order valence-corrected chi connectivity index (χ1v) is 4.98. The lowest BCUT2D eigenvalue weighted by molar-refractivity contribution is 0.477. The van der Waals surface area contributed by atoms with E-state index in [2.05, 4.69) is 16.0 Å². The molecule has 0 fully saturated rings. The largest absolute Gasteiger partial charge is 0.507 e. The number of rotatable bonds is 1. The Bertz CT molecular complexity index is 643. The summed E-state index contributed by atoms with van der Waals surface area (Å²) in [5.41, 5.74) is 3.37. The highest BCUT2D eigenvalue weighted by Crippen LogP contribution is 2.32. The van der Waals surface area contributed by atoms with Gasteiger partial charge in [-0.3, -0.25) is 0 Å². The topological polar surface area (TPSA) is 48.9 Å². The molecule has 3 heteroatoms. The first kappa shape index (κ1) is 8.97. The highest BCUT2D eigenvalue weighted by Gasteiger charge is 2.08. The number of hydrogen-bond donors (Lipinski definition) is 2. The highest BCUT2D eigenvalue weighted by molar-refractivity contribution is 5.93. The smallest absolute Gasteiger partial charge is 0.124 e. The molecule has 1 aromatic heterocycles. The van der Waals surface area contributed by atoms with Crippen molar-refractivity contribution in [3.05, 3.63) is 48.8 Å². The summed E-state index contributed by atoms with van der Waals surface area (Å²) in [5.74, 6) is 0.220. The van der Waals surface area contributed by atoms with E-state index in [1.54, 1.807) is 24.5 Å². The van der Waals surface area contributed by atoms with Crippen molar-refractivity contribution in [1.82, 2.24) is 9.97 Å². The van der Waals surface area contributed by atoms with E-state index in [4.69, 9.17) is 0 Å². The molecule has 0 spiro atoms. The van der Waals surface area contributed by atoms with Gasteiger partial charge in [0, 0.05) is 11.1 Å². The van der Waals surface area contributed by atoms with E-state index in [0.29, 0.717) is 5.56 Å². The number of imidazole rings is 1. The summed E-state index contributed by atoms with van der Waals surface area (Å²) in [4.78, 5) is 7.29. The normalized spacial score (nSPS) is 10.8. The number of hydrogen-bond acceptors (Lipinski definition) is 2. The van der Waals surface area contributed by atoms with Crippen molar-refractivity contribution in [2.75, 3.05) is 0 Å². The predicted molar refractivity (Wildman–Crippen MR) is 62.0 cm³/mol. The predicted octanol–water partition coefficient (Wildman–Crippen LogP) is 2.74. The third-order valence-electron chi connectivity index (χ3n) is 2.55. The van der Waals surface area contributed by atoms with E-state index >= 15 is 0 Å². The maximum atomic E-state index is 9.79. The number of benzene rings is 2. The Balaban J connectivity index is 2.34. The van der Waals surface area contributed by atoms with Crippen LogP contribution in [0, 0.1) is 6.07 Å². The monoisotopic (exact) mass is 209 g/mol. The summed E-state index contributed by atoms with van der Waals surface area (Å²) < 4.78 is 0. The van der Waals surface area contributed by atoms with Gasteiger partial charge in [0.2, 0.25) is 0 Å². The second-order valence-corrected chi connectivity index (χ2v) is 3.53. The van der Waals surface area contributed by atoms with Crippen molar-refractivity contribution in [3.63, 3.8) is 0 Å². The number of phenolic OH excluding ortho intramolecular Hbond substituents is 1. The van der Waals surface area contributed by atoms with Gasteiger partial charge in [-0.2, -0.15) is 0 Å². The van der Waals surface area contributed by atoms with E-state index in [1.165, 1.54) is 0 Å². The minimum absolute atomic E-state index is 0.220. The molecule has 0 aliphatic heterocycles. The van der Waals surface area contributed by atoms with Crippen LogP contribution < -0.4 is 0 Å². The summed E-state index contributed by atoms with van der Waals surface area (Å²) in [5, 5.41) is 9.79. The second-order valence-electron chi connectivity index (χ2n) is 3.53. The first-order valence-electron chi connectivity index (χ1n) is 4.98. The van der Waals surface area contributed by atoms with Crippen LogP contribution in [0.5, 0.6) is 5.75 Å². The molecule has 0 bridgehead atoms. The molecule has 3 rings (SSSR count). The van der Waals surface area contributed by atoms with Crippen molar-refractivity contribution < 1.29 is 5.11 Å². The molecule has 0 amide bonds. The Hall–Kier alpha value is -2.29. The van der Waals surface area contributed by atoms with Crippen molar-refractivity contribution in [2.24, 2.45) is 0 Å². The summed E-state index contributed by atoms with van der Waals surface area (Å²) in [6, 6.07) is 14.0. The fourth-order valence-corrected chi connectivity index (χ4v) is 1.81. The lowest BCUT2D eigenvalue weighted by Gasteiger charge is -2.04. The summed E-state index contributed by atoms with van der Waals surface area (Å²) in [6.07, 6.45) is 1.65. The SMILES string of the molecule is Oc1ccc[c]c1-c1cccc2[nH]cnc12. The fourth-order valence-electron chi connectivity index (χ4n) is 1.81. The van der Waals surface area contributed by atoms with E-state index in [1.807, 2.05) is 18.2 Å². The van der Waals surface area contributed by atoms with Crippen LogP contribution in [0.2, 0.25) is 0 Å². The Morgan fingerprint density at radius 2 is 2.12 bits per heavy atom. The van der Waals surface area contributed by atoms with Crippen LogP contribution in [0.1, 0.15) is 0 Å². The van der Waals surface area contributed by atoms with Gasteiger partial charge in [0.15, 0.2) is 0 Å². The molecule has 0 atom stereocenters. The quantitative estimate of drug-likeness (QED) is 0.647. The second kappa shape index (κ2) is 3.38. The standard InChI is InChI=1S/C13H9N2O/c16-12-7-2-1-4-9(12)10-5-3-6-11-13(10)15-8-14-11/h1-3,5-8,16H,(H,14,15). The third-order valence-corrected chi connectivity index (χ3v) is 2.55. The third kappa shape index (κ3) is 1.26. The van der Waals surface area contributed by atoms with Crippen molar-refractivity contribution in [1.29, 1.82) is 0 Å². The minimum Gasteiger partial charge on any atom is -0.507 e. The van der Waals surface area contributed by atoms with Gasteiger partial charge in [-0.1, -0.05) is 24.3 Å². The van der Waals surface area contributed by atoms with Crippen LogP contribution in [0.15, 0.2) is 42.7 Å². The van der Waals surface area contributed by atoms with E-state index < -0.39 is 0 Å². The van der Waals surface area contributed by atoms with Crippen LogP contribution >= 0.6 is 0 Å². The van der Waals surface area contributed by atoms with Gasteiger partial charge in [0.25, 0.3) is 0 Å². The Labute approximate surface area is 92.4 Å². The number of phenols is 1. The van der Waals surface area contributed by atoms with Gasteiger partial charge in [-0.25, -0.2) is 4.98 Å². The maximum Gasteiger partial charge on any atom is 0.124 e. The number of nitrogens with zero attached hydrogens (tertiary/aromatic N) is 1. The molecule has 3 aromatic rings. The molecule has 0 unspecified atom stereocenters. The number of H-pyrrole nitrogens is 1. The maximum absolute atomic E-state index is 9.79. The Morgan fingerprint density at radius 3 is 3.00 bits per heavy atom. The molecular formula is C13H9N2O. The Morgan fingerprint density at radius 1 is 1.19 bits per heavy atom. The summed E-state index contributed by atoms with van der Waals surface area (Å²) >= 11 is 0. The number of fused-ring (bicyclic) bond motifs is 1.